The molecule has 0 saturated heterocycles. The van der Waals surface area contributed by atoms with Gasteiger partial charge < -0.3 is 4.74 Å². The number of carbonyl (C=O) groups is 2. The molecule has 20 heavy (non-hydrogen) atoms. The number of ether oxygens (including phenoxy) is 1. The van der Waals surface area contributed by atoms with Crippen LogP contribution in [-0.2, 0) is 4.79 Å². The molecular weight excluding hydrogens is 320 g/mol. The first-order chi connectivity index (χ1) is 9.67. The standard InChI is InChI=1S/C16H11BrO3/c17-14-3-1-2-12(10-14)6-9-16(19)20-15-7-4-13(11-18)5-8-15/h1-11H/b9-6+. The first-order valence-corrected chi connectivity index (χ1v) is 6.67. The molecule has 0 saturated carbocycles. The van der Waals surface area contributed by atoms with Gasteiger partial charge in [0, 0.05) is 16.1 Å². The zero-order valence-corrected chi connectivity index (χ0v) is 12.0. The minimum Gasteiger partial charge on any atom is -0.423 e. The minimum atomic E-state index is -0.469. The van der Waals surface area contributed by atoms with Crippen LogP contribution in [0.5, 0.6) is 5.75 Å². The number of halogens is 1. The van der Waals surface area contributed by atoms with Crippen LogP contribution in [0.1, 0.15) is 15.9 Å². The molecule has 0 unspecified atom stereocenters. The summed E-state index contributed by atoms with van der Waals surface area (Å²) in [5, 5.41) is 0. The molecule has 0 aromatic heterocycles. The topological polar surface area (TPSA) is 43.4 Å². The molecule has 0 radical (unpaired) electrons. The summed E-state index contributed by atoms with van der Waals surface area (Å²) in [7, 11) is 0. The molecule has 3 nitrogen and oxygen atoms in total. The number of hydrogen-bond acceptors (Lipinski definition) is 3. The van der Waals surface area contributed by atoms with Crippen molar-refractivity contribution in [2.75, 3.05) is 0 Å². The minimum absolute atomic E-state index is 0.402. The molecular formula is C16H11BrO3. The molecule has 0 N–H and O–H groups in total. The molecule has 0 bridgehead atoms. The van der Waals surface area contributed by atoms with Crippen LogP contribution < -0.4 is 4.74 Å². The smallest absolute Gasteiger partial charge is 0.336 e. The summed E-state index contributed by atoms with van der Waals surface area (Å²) in [4.78, 5) is 22.1. The summed E-state index contributed by atoms with van der Waals surface area (Å²) in [6.45, 7) is 0. The molecule has 0 atom stereocenters. The maximum absolute atomic E-state index is 11.6. The monoisotopic (exact) mass is 330 g/mol. The molecule has 4 heteroatoms. The quantitative estimate of drug-likeness (QED) is 0.370. The molecule has 0 spiro atoms. The summed E-state index contributed by atoms with van der Waals surface area (Å²) < 4.78 is 6.05. The third kappa shape index (κ3) is 4.17. The number of esters is 1. The summed E-state index contributed by atoms with van der Waals surface area (Å²) in [5.41, 5.74) is 1.43. The lowest BCUT2D eigenvalue weighted by atomic mass is 10.2. The molecule has 100 valence electrons. The van der Waals surface area contributed by atoms with Crippen molar-refractivity contribution in [3.63, 3.8) is 0 Å². The second kappa shape index (κ2) is 6.82. The fourth-order valence-corrected chi connectivity index (χ4v) is 1.96. The van der Waals surface area contributed by atoms with Crippen molar-refractivity contribution in [2.24, 2.45) is 0 Å². The van der Waals surface area contributed by atoms with Crippen LogP contribution in [-0.4, -0.2) is 12.3 Å². The highest BCUT2D eigenvalue weighted by atomic mass is 79.9. The molecule has 0 aliphatic rings. The van der Waals surface area contributed by atoms with Gasteiger partial charge in [0.25, 0.3) is 0 Å². The van der Waals surface area contributed by atoms with Crippen LogP contribution in [0, 0.1) is 0 Å². The van der Waals surface area contributed by atoms with E-state index in [0.29, 0.717) is 11.3 Å². The Morgan fingerprint density at radius 2 is 1.80 bits per heavy atom. The van der Waals surface area contributed by atoms with Crippen LogP contribution in [0.3, 0.4) is 0 Å². The van der Waals surface area contributed by atoms with Gasteiger partial charge in [-0.15, -0.1) is 0 Å². The zero-order valence-electron chi connectivity index (χ0n) is 10.5. The normalized spacial score (nSPS) is 10.4. The summed E-state index contributed by atoms with van der Waals surface area (Å²) in [6.07, 6.45) is 3.76. The van der Waals surface area contributed by atoms with Crippen LogP contribution in [0.4, 0.5) is 0 Å². The van der Waals surface area contributed by atoms with E-state index >= 15 is 0 Å². The third-order valence-corrected chi connectivity index (χ3v) is 2.99. The third-order valence-electron chi connectivity index (χ3n) is 2.50. The van der Waals surface area contributed by atoms with Crippen molar-refractivity contribution in [2.45, 2.75) is 0 Å². The first kappa shape index (κ1) is 14.2. The van der Waals surface area contributed by atoms with E-state index in [9.17, 15) is 9.59 Å². The van der Waals surface area contributed by atoms with Gasteiger partial charge in [0.2, 0.25) is 0 Å². The van der Waals surface area contributed by atoms with Crippen molar-refractivity contribution in [1.82, 2.24) is 0 Å². The van der Waals surface area contributed by atoms with Gasteiger partial charge in [-0.2, -0.15) is 0 Å². The second-order valence-electron chi connectivity index (χ2n) is 4.00. The van der Waals surface area contributed by atoms with E-state index in [-0.39, 0.29) is 0 Å². The molecule has 0 aliphatic carbocycles. The summed E-state index contributed by atoms with van der Waals surface area (Å²) >= 11 is 3.36. The molecule has 0 aliphatic heterocycles. The van der Waals surface area contributed by atoms with Crippen LogP contribution in [0.2, 0.25) is 0 Å². The Morgan fingerprint density at radius 3 is 2.45 bits per heavy atom. The van der Waals surface area contributed by atoms with E-state index in [1.54, 1.807) is 30.3 Å². The van der Waals surface area contributed by atoms with Gasteiger partial charge in [0.1, 0.15) is 12.0 Å². The second-order valence-corrected chi connectivity index (χ2v) is 4.91. The van der Waals surface area contributed by atoms with Gasteiger partial charge in [0.05, 0.1) is 0 Å². The highest BCUT2D eigenvalue weighted by Gasteiger charge is 2.00. The molecule has 2 aromatic rings. The zero-order chi connectivity index (χ0) is 14.4. The Balaban J connectivity index is 1.99. The van der Waals surface area contributed by atoms with E-state index in [4.69, 9.17) is 4.74 Å². The van der Waals surface area contributed by atoms with Gasteiger partial charge in [-0.25, -0.2) is 4.79 Å². The lowest BCUT2D eigenvalue weighted by Gasteiger charge is -2.01. The Bertz CT molecular complexity index is 645. The van der Waals surface area contributed by atoms with Crippen LogP contribution >= 0.6 is 15.9 Å². The molecule has 0 amide bonds. The average Bonchev–Trinajstić information content (AvgIpc) is 2.46. The van der Waals surface area contributed by atoms with E-state index in [0.717, 1.165) is 16.3 Å². The van der Waals surface area contributed by atoms with Gasteiger partial charge >= 0.3 is 5.97 Å². The first-order valence-electron chi connectivity index (χ1n) is 5.88. The van der Waals surface area contributed by atoms with Crippen molar-refractivity contribution in [3.8, 4) is 5.75 Å². The van der Waals surface area contributed by atoms with Crippen LogP contribution in [0.15, 0.2) is 59.1 Å². The molecule has 2 rings (SSSR count). The highest BCUT2D eigenvalue weighted by Crippen LogP contribution is 2.14. The maximum Gasteiger partial charge on any atom is 0.336 e. The Kier molecular flexibility index (Phi) is 4.85. The summed E-state index contributed by atoms with van der Waals surface area (Å²) in [6, 6.07) is 13.9. The number of benzene rings is 2. The Morgan fingerprint density at radius 1 is 1.05 bits per heavy atom. The van der Waals surface area contributed by atoms with E-state index in [1.165, 1.54) is 6.08 Å². The SMILES string of the molecule is O=Cc1ccc(OC(=O)/C=C/c2cccc(Br)c2)cc1. The van der Waals surface area contributed by atoms with E-state index in [1.807, 2.05) is 24.3 Å². The van der Waals surface area contributed by atoms with Gasteiger partial charge in [-0.05, 0) is 48.0 Å². The molecule has 0 heterocycles. The molecule has 2 aromatic carbocycles. The highest BCUT2D eigenvalue weighted by molar-refractivity contribution is 9.10. The average molecular weight is 331 g/mol. The number of carbonyl (C=O) groups excluding carboxylic acids is 2. The largest absolute Gasteiger partial charge is 0.423 e. The Labute approximate surface area is 125 Å². The Hall–Kier alpha value is -2.20. The van der Waals surface area contributed by atoms with Crippen molar-refractivity contribution >= 4 is 34.3 Å². The van der Waals surface area contributed by atoms with Gasteiger partial charge in [-0.3, -0.25) is 4.79 Å². The van der Waals surface area contributed by atoms with Gasteiger partial charge in [-0.1, -0.05) is 28.1 Å². The van der Waals surface area contributed by atoms with Crippen molar-refractivity contribution in [3.05, 3.63) is 70.2 Å². The number of hydrogen-bond donors (Lipinski definition) is 0. The predicted octanol–water partition coefficient (Wildman–Crippen LogP) is 3.88. The fraction of sp³-hybridized carbons (Fsp3) is 0. The number of aldehydes is 1. The maximum atomic E-state index is 11.6. The van der Waals surface area contributed by atoms with Crippen molar-refractivity contribution in [1.29, 1.82) is 0 Å². The van der Waals surface area contributed by atoms with E-state index in [2.05, 4.69) is 15.9 Å². The summed E-state index contributed by atoms with van der Waals surface area (Å²) in [5.74, 6) is -0.0664. The van der Waals surface area contributed by atoms with Gasteiger partial charge in [0.15, 0.2) is 0 Å². The van der Waals surface area contributed by atoms with Crippen LogP contribution in [0.25, 0.3) is 6.08 Å². The lowest BCUT2D eigenvalue weighted by Crippen LogP contribution is -2.03. The lowest BCUT2D eigenvalue weighted by molar-refractivity contribution is -0.128. The number of rotatable bonds is 4. The van der Waals surface area contributed by atoms with Crippen molar-refractivity contribution < 1.29 is 14.3 Å². The predicted molar refractivity (Wildman–Crippen MR) is 80.6 cm³/mol. The fourth-order valence-electron chi connectivity index (χ4n) is 1.54. The van der Waals surface area contributed by atoms with E-state index < -0.39 is 5.97 Å². The molecule has 0 fully saturated rings.